The fraction of sp³-hybridized carbons (Fsp3) is 0.261. The molecule has 0 unspecified atom stereocenters. The van der Waals surface area contributed by atoms with Crippen LogP contribution in [-0.4, -0.2) is 42.4 Å². The number of phenols is 1. The lowest BCUT2D eigenvalue weighted by molar-refractivity contribution is -0.0299. The van der Waals surface area contributed by atoms with Crippen molar-refractivity contribution in [1.29, 1.82) is 0 Å². The number of rotatable bonds is 8. The van der Waals surface area contributed by atoms with E-state index in [9.17, 15) is 15.0 Å². The van der Waals surface area contributed by atoms with Gasteiger partial charge in [-0.1, -0.05) is 30.3 Å². The van der Waals surface area contributed by atoms with E-state index in [1.54, 1.807) is 42.1 Å². The zero-order chi connectivity index (χ0) is 21.5. The fourth-order valence-corrected chi connectivity index (χ4v) is 3.76. The number of anilines is 1. The molecule has 30 heavy (non-hydrogen) atoms. The summed E-state index contributed by atoms with van der Waals surface area (Å²) in [6, 6.07) is 18.0. The van der Waals surface area contributed by atoms with Crippen molar-refractivity contribution in [2.24, 2.45) is 0 Å². The third kappa shape index (κ3) is 5.05. The molecule has 0 aliphatic carbocycles. The summed E-state index contributed by atoms with van der Waals surface area (Å²) in [6.45, 7) is -0.119. The number of phenolic OH excluding ortho intramolecular Hbond substituents is 1. The fourth-order valence-electron chi connectivity index (χ4n) is 3.35. The van der Waals surface area contributed by atoms with Crippen molar-refractivity contribution in [3.8, 4) is 5.75 Å². The molecule has 0 saturated heterocycles. The zero-order valence-electron chi connectivity index (χ0n) is 16.9. The van der Waals surface area contributed by atoms with E-state index in [1.807, 2.05) is 36.6 Å². The molecular formula is C23H25NO5S. The first-order valence-electron chi connectivity index (χ1n) is 9.53. The molecule has 7 heteroatoms. The Kier molecular flexibility index (Phi) is 7.57. The van der Waals surface area contributed by atoms with Crippen LogP contribution >= 0.6 is 11.8 Å². The van der Waals surface area contributed by atoms with Gasteiger partial charge in [-0.2, -0.15) is 0 Å². The van der Waals surface area contributed by atoms with Gasteiger partial charge in [0, 0.05) is 41.7 Å². The molecule has 6 nitrogen and oxygen atoms in total. The molecule has 0 aliphatic rings. The third-order valence-electron chi connectivity index (χ3n) is 4.87. The molecule has 3 aromatic rings. The van der Waals surface area contributed by atoms with E-state index in [1.165, 1.54) is 7.11 Å². The lowest BCUT2D eigenvalue weighted by Crippen LogP contribution is -2.29. The Morgan fingerprint density at radius 2 is 1.77 bits per heavy atom. The van der Waals surface area contributed by atoms with Gasteiger partial charge in [0.2, 0.25) is 0 Å². The predicted octanol–water partition coefficient (Wildman–Crippen LogP) is 4.95. The van der Waals surface area contributed by atoms with Crippen LogP contribution in [0.2, 0.25) is 0 Å². The second-order valence-electron chi connectivity index (χ2n) is 6.69. The van der Waals surface area contributed by atoms with Gasteiger partial charge in [-0.25, -0.2) is 4.79 Å². The monoisotopic (exact) mass is 427 g/mol. The van der Waals surface area contributed by atoms with Crippen LogP contribution < -0.4 is 5.32 Å². The number of aliphatic hydroxyl groups is 1. The first-order valence-corrected chi connectivity index (χ1v) is 10.8. The maximum Gasteiger partial charge on any atom is 0.412 e. The number of fused-ring (bicyclic) bond motifs is 1. The average Bonchev–Trinajstić information content (AvgIpc) is 2.77. The largest absolute Gasteiger partial charge is 0.507 e. The van der Waals surface area contributed by atoms with E-state index < -0.39 is 18.3 Å². The van der Waals surface area contributed by atoms with Crippen molar-refractivity contribution < 1.29 is 24.5 Å². The normalized spacial score (nSPS) is 13.0. The number of carbonyl (C=O) groups is 1. The van der Waals surface area contributed by atoms with Crippen molar-refractivity contribution in [2.45, 2.75) is 23.5 Å². The molecule has 1 amide bonds. The van der Waals surface area contributed by atoms with E-state index >= 15 is 0 Å². The van der Waals surface area contributed by atoms with Crippen LogP contribution in [0.15, 0.2) is 65.6 Å². The summed E-state index contributed by atoms with van der Waals surface area (Å²) in [4.78, 5) is 13.8. The topological polar surface area (TPSA) is 88.0 Å². The van der Waals surface area contributed by atoms with E-state index in [0.29, 0.717) is 16.6 Å². The molecule has 0 spiro atoms. The molecule has 0 radical (unpaired) electrons. The van der Waals surface area contributed by atoms with E-state index in [4.69, 9.17) is 9.47 Å². The Hall–Kier alpha value is -2.74. The molecule has 0 saturated carbocycles. The molecule has 0 bridgehead atoms. The maximum absolute atomic E-state index is 12.7. The zero-order valence-corrected chi connectivity index (χ0v) is 17.7. The first-order chi connectivity index (χ1) is 14.6. The molecule has 3 N–H and O–H groups in total. The van der Waals surface area contributed by atoms with Gasteiger partial charge in [0.15, 0.2) is 6.10 Å². The number of thioether (sulfide) groups is 1. The molecule has 0 aliphatic heterocycles. The molecule has 158 valence electrons. The van der Waals surface area contributed by atoms with Crippen LogP contribution in [0.1, 0.15) is 18.1 Å². The van der Waals surface area contributed by atoms with E-state index in [0.717, 1.165) is 10.3 Å². The van der Waals surface area contributed by atoms with E-state index in [-0.39, 0.29) is 18.8 Å². The average molecular weight is 428 g/mol. The van der Waals surface area contributed by atoms with Crippen molar-refractivity contribution in [1.82, 2.24) is 0 Å². The van der Waals surface area contributed by atoms with Gasteiger partial charge in [-0.15, -0.1) is 11.8 Å². The summed E-state index contributed by atoms with van der Waals surface area (Å²) in [6.07, 6.45) is 0.293. The molecule has 3 rings (SSSR count). The Balaban J connectivity index is 1.91. The SMILES string of the molecule is CO[C@H](CCO)[C@H](OC(=O)Nc1ccc(SC)cc1)c1ccc(O)c2ccccc12. The van der Waals surface area contributed by atoms with Crippen LogP contribution in [0.3, 0.4) is 0 Å². The van der Waals surface area contributed by atoms with Gasteiger partial charge in [-0.05, 0) is 42.0 Å². The van der Waals surface area contributed by atoms with Crippen molar-refractivity contribution >= 4 is 34.3 Å². The number of amides is 1. The Bertz CT molecular complexity index is 993. The van der Waals surface area contributed by atoms with Crippen LogP contribution in [-0.2, 0) is 9.47 Å². The summed E-state index contributed by atoms with van der Waals surface area (Å²) in [5.74, 6) is 0.141. The lowest BCUT2D eigenvalue weighted by Gasteiger charge is -2.27. The highest BCUT2D eigenvalue weighted by Crippen LogP contribution is 2.35. The number of carbonyl (C=O) groups excluding carboxylic acids is 1. The molecule has 0 aromatic heterocycles. The standard InChI is InChI=1S/C23H25NO5S/c1-28-21(13-14-25)22(19-11-12-20(26)18-6-4-3-5-17(18)19)29-23(27)24-15-7-9-16(30-2)10-8-15/h3-12,21-22,25-26H,13-14H2,1-2H3,(H,24,27)/t21-,22-/m1/s1. The highest BCUT2D eigenvalue weighted by Gasteiger charge is 2.29. The number of hydrogen-bond donors (Lipinski definition) is 3. The van der Waals surface area contributed by atoms with Crippen molar-refractivity contribution in [2.75, 3.05) is 25.3 Å². The van der Waals surface area contributed by atoms with Crippen molar-refractivity contribution in [3.05, 3.63) is 66.2 Å². The number of hydrogen-bond acceptors (Lipinski definition) is 6. The first kappa shape index (κ1) is 22.0. The predicted molar refractivity (Wildman–Crippen MR) is 119 cm³/mol. The second-order valence-corrected chi connectivity index (χ2v) is 7.56. The summed E-state index contributed by atoms with van der Waals surface area (Å²) in [5, 5.41) is 23.8. The van der Waals surface area contributed by atoms with Crippen LogP contribution in [0, 0.1) is 0 Å². The minimum Gasteiger partial charge on any atom is -0.507 e. The third-order valence-corrected chi connectivity index (χ3v) is 5.61. The summed E-state index contributed by atoms with van der Waals surface area (Å²) in [7, 11) is 1.51. The number of aliphatic hydroxyl groups excluding tert-OH is 1. The molecular weight excluding hydrogens is 402 g/mol. The van der Waals surface area contributed by atoms with Gasteiger partial charge in [0.25, 0.3) is 0 Å². The lowest BCUT2D eigenvalue weighted by atomic mass is 9.95. The Morgan fingerprint density at radius 3 is 2.40 bits per heavy atom. The summed E-state index contributed by atoms with van der Waals surface area (Å²) >= 11 is 1.61. The van der Waals surface area contributed by atoms with Crippen LogP contribution in [0.5, 0.6) is 5.75 Å². The summed E-state index contributed by atoms with van der Waals surface area (Å²) < 4.78 is 11.3. The Labute approximate surface area is 179 Å². The minimum absolute atomic E-state index is 0.119. The smallest absolute Gasteiger partial charge is 0.412 e. The van der Waals surface area contributed by atoms with Crippen LogP contribution in [0.4, 0.5) is 10.5 Å². The van der Waals surface area contributed by atoms with Crippen LogP contribution in [0.25, 0.3) is 10.8 Å². The maximum atomic E-state index is 12.7. The molecule has 0 fully saturated rings. The minimum atomic E-state index is -0.780. The van der Waals surface area contributed by atoms with Gasteiger partial charge in [0.1, 0.15) is 11.9 Å². The number of nitrogens with one attached hydrogen (secondary N) is 1. The second kappa shape index (κ2) is 10.3. The number of methoxy groups -OCH3 is 1. The van der Waals surface area contributed by atoms with Gasteiger partial charge < -0.3 is 19.7 Å². The molecule has 0 heterocycles. The molecule has 2 atom stereocenters. The number of aromatic hydroxyl groups is 1. The molecule has 3 aromatic carbocycles. The van der Waals surface area contributed by atoms with Gasteiger partial charge in [0.05, 0.1) is 0 Å². The van der Waals surface area contributed by atoms with Crippen molar-refractivity contribution in [3.63, 3.8) is 0 Å². The quantitative estimate of drug-likeness (QED) is 0.441. The Morgan fingerprint density at radius 1 is 1.07 bits per heavy atom. The number of ether oxygens (including phenoxy) is 2. The van der Waals surface area contributed by atoms with Gasteiger partial charge in [-0.3, -0.25) is 5.32 Å². The highest BCUT2D eigenvalue weighted by atomic mass is 32.2. The number of benzene rings is 3. The van der Waals surface area contributed by atoms with Gasteiger partial charge >= 0.3 is 6.09 Å². The highest BCUT2D eigenvalue weighted by molar-refractivity contribution is 7.98. The summed E-state index contributed by atoms with van der Waals surface area (Å²) in [5.41, 5.74) is 1.31. The van der Waals surface area contributed by atoms with E-state index in [2.05, 4.69) is 5.32 Å².